The predicted octanol–water partition coefficient (Wildman–Crippen LogP) is 9.83. The maximum Gasteiger partial charge on any atom is 0.326 e. The lowest BCUT2D eigenvalue weighted by Gasteiger charge is -2.33. The van der Waals surface area contributed by atoms with Gasteiger partial charge in [0.1, 0.15) is 29.5 Å². The number of aldehydes is 1. The minimum absolute atomic E-state index is 0.0397. The maximum atomic E-state index is 12.4. The van der Waals surface area contributed by atoms with Crippen LogP contribution < -0.4 is 30.7 Å². The van der Waals surface area contributed by atoms with Crippen LogP contribution in [0.1, 0.15) is 131 Å². The number of pyridine rings is 1. The Labute approximate surface area is 452 Å². The number of carbonyl (C=O) groups excluding carboxylic acids is 5. The van der Waals surface area contributed by atoms with Gasteiger partial charge >= 0.3 is 5.97 Å². The number of likely N-dealkylation sites (N-methyl/N-ethyl adjacent to an activating group) is 2. The van der Waals surface area contributed by atoms with Crippen LogP contribution in [-0.4, -0.2) is 134 Å². The normalized spacial score (nSPS) is 12.3. The Morgan fingerprint density at radius 3 is 2.08 bits per heavy atom. The third kappa shape index (κ3) is 25.7. The average molecular weight is 1060 g/mol. The van der Waals surface area contributed by atoms with Crippen LogP contribution in [0, 0.1) is 18.3 Å². The van der Waals surface area contributed by atoms with E-state index >= 15 is 0 Å². The molecule has 0 aliphatic carbocycles. The number of aryl methyl sites for hydroxylation is 1. The van der Waals surface area contributed by atoms with Gasteiger partial charge in [0, 0.05) is 53.0 Å². The number of thiazole rings is 1. The fourth-order valence-electron chi connectivity index (χ4n) is 6.97. The molecule has 4 unspecified atom stereocenters. The average Bonchev–Trinajstić information content (AvgIpc) is 3.86. The van der Waals surface area contributed by atoms with Gasteiger partial charge < -0.3 is 40.6 Å². The molecule has 2 aromatic carbocycles. The van der Waals surface area contributed by atoms with Gasteiger partial charge in [0.2, 0.25) is 18.7 Å². The summed E-state index contributed by atoms with van der Waals surface area (Å²) in [6.07, 6.45) is 12.1. The van der Waals surface area contributed by atoms with E-state index < -0.39 is 12.0 Å². The summed E-state index contributed by atoms with van der Waals surface area (Å²) < 4.78 is 10.8. The molecule has 17 nitrogen and oxygen atoms in total. The van der Waals surface area contributed by atoms with E-state index in [1.165, 1.54) is 17.7 Å². The fraction of sp³-hybridized carbons (Fsp3) is 0.544. The van der Waals surface area contributed by atoms with Crippen molar-refractivity contribution in [2.24, 2.45) is 11.3 Å². The number of unbranched alkanes of at least 4 members (excludes halogenated alkanes) is 4. The number of hydrogen-bond acceptors (Lipinski definition) is 14. The summed E-state index contributed by atoms with van der Waals surface area (Å²) in [4.78, 5) is 78.7. The lowest BCUT2D eigenvalue weighted by Crippen LogP contribution is -2.51. The second-order valence-electron chi connectivity index (χ2n) is 18.8. The highest BCUT2D eigenvalue weighted by atomic mass is 32.1. The smallest absolute Gasteiger partial charge is 0.326 e. The number of imide groups is 1. The zero-order valence-electron chi connectivity index (χ0n) is 47.7. The Balaban J connectivity index is 0.00000102. The van der Waals surface area contributed by atoms with Gasteiger partial charge in [0.25, 0.3) is 5.91 Å². The number of amides is 4. The number of benzene rings is 2. The summed E-state index contributed by atoms with van der Waals surface area (Å²) in [7, 11) is 7.05. The van der Waals surface area contributed by atoms with E-state index in [-0.39, 0.29) is 41.8 Å². The van der Waals surface area contributed by atoms with E-state index in [0.29, 0.717) is 37.3 Å². The number of allylic oxidation sites excluding steroid dienone is 1. The topological polar surface area (TPSA) is 221 Å². The number of carbonyl (C=O) groups is 6. The third-order valence-corrected chi connectivity index (χ3v) is 12.4. The Kier molecular flexibility index (Phi) is 35.1. The van der Waals surface area contributed by atoms with Gasteiger partial charge in [-0.1, -0.05) is 105 Å². The summed E-state index contributed by atoms with van der Waals surface area (Å²) in [6.45, 7) is 25.5. The number of aromatic nitrogens is 2. The van der Waals surface area contributed by atoms with Crippen LogP contribution >= 0.6 is 11.3 Å². The van der Waals surface area contributed by atoms with Crippen molar-refractivity contribution >= 4 is 64.3 Å². The molecule has 2 heterocycles. The lowest BCUT2D eigenvalue weighted by molar-refractivity contribution is -0.143. The van der Waals surface area contributed by atoms with Crippen LogP contribution in [0.4, 0.5) is 5.13 Å². The van der Waals surface area contributed by atoms with E-state index in [0.717, 1.165) is 76.7 Å². The van der Waals surface area contributed by atoms with Crippen molar-refractivity contribution in [3.8, 4) is 22.9 Å². The molecule has 75 heavy (non-hydrogen) atoms. The first-order valence-electron chi connectivity index (χ1n) is 25.9. The molecule has 418 valence electrons. The summed E-state index contributed by atoms with van der Waals surface area (Å²) >= 11 is 1.57. The number of ether oxygens (including phenoxy) is 2. The molecule has 0 fully saturated rings. The van der Waals surface area contributed by atoms with E-state index in [1.54, 1.807) is 31.6 Å². The molecule has 4 rings (SSSR count). The molecule has 0 bridgehead atoms. The first-order chi connectivity index (χ1) is 35.7. The number of nitrogens with zero attached hydrogens (tertiary/aromatic N) is 4. The standard InChI is InChI=1S/C19H36N2O3.C17H19N3O2S.C16H24N2O2.C3H5NO2.C2H6/c1-6-8-10-11-12-13-15(3)17(19(23)24)20-18(22)16(4)21(5)14-9-7-2;1-10(2)18-17-20-15(9-23-17)14-8-16(22-4)12-6-5-11(21-3)7-13(12)19-14;1-12-8-6-7-9-13(12)15(20)18(11-19)10-14(17-5)16(2,3)4;5-2-1-4-3-6;1-2/h12-13,15-17H,6-11,14H2,1-5H3,(H,20,22)(H,23,24);5-10H,1-4H3,(H,18,20);6-9,11,14,17H,10H2,1-5H3;2-3H,1H2,(H,4,6);1-2H3/b13-12-;;;;. The number of aliphatic carboxylic acids is 1. The first-order valence-corrected chi connectivity index (χ1v) is 26.8. The van der Waals surface area contributed by atoms with E-state index in [2.05, 4.69) is 74.7 Å². The Morgan fingerprint density at radius 2 is 1.56 bits per heavy atom. The molecule has 5 N–H and O–H groups in total. The van der Waals surface area contributed by atoms with Crippen LogP contribution in [0.3, 0.4) is 0 Å². The number of nitrogens with one attached hydrogen (secondary N) is 4. The van der Waals surface area contributed by atoms with Crippen molar-refractivity contribution in [1.29, 1.82) is 0 Å². The lowest BCUT2D eigenvalue weighted by atomic mass is 9.86. The number of carboxylic acid groups (broad SMARTS) is 1. The molecule has 4 aromatic rings. The maximum absolute atomic E-state index is 12.4. The molecule has 4 atom stereocenters. The highest BCUT2D eigenvalue weighted by molar-refractivity contribution is 7.14. The Morgan fingerprint density at radius 1 is 0.893 bits per heavy atom. The van der Waals surface area contributed by atoms with Gasteiger partial charge in [0.05, 0.1) is 38.0 Å². The second kappa shape index (κ2) is 38.3. The fourth-order valence-corrected chi connectivity index (χ4v) is 7.82. The molecule has 0 aliphatic heterocycles. The highest BCUT2D eigenvalue weighted by Gasteiger charge is 2.29. The number of anilines is 1. The van der Waals surface area contributed by atoms with Crippen molar-refractivity contribution in [2.75, 3.05) is 53.3 Å². The molecule has 0 aliphatic rings. The Hall–Kier alpha value is -6.24. The predicted molar refractivity (Wildman–Crippen MR) is 306 cm³/mol. The number of fused-ring (bicyclic) bond motifs is 1. The summed E-state index contributed by atoms with van der Waals surface area (Å²) in [5, 5.41) is 24.6. The van der Waals surface area contributed by atoms with Crippen molar-refractivity contribution in [3.05, 3.63) is 77.2 Å². The number of methoxy groups -OCH3 is 2. The third-order valence-electron chi connectivity index (χ3n) is 11.6. The van der Waals surface area contributed by atoms with Crippen LogP contribution in [0.2, 0.25) is 0 Å². The van der Waals surface area contributed by atoms with Gasteiger partial charge in [-0.2, -0.15) is 0 Å². The van der Waals surface area contributed by atoms with Crippen LogP contribution in [0.25, 0.3) is 22.3 Å². The van der Waals surface area contributed by atoms with Gasteiger partial charge in [0.15, 0.2) is 5.13 Å². The van der Waals surface area contributed by atoms with Gasteiger partial charge in [-0.15, -0.1) is 11.3 Å². The molecule has 0 spiro atoms. The SMILES string of the molecule is CC.CCCCC/C=C\C(C)C(NC(=O)C(C)N(C)CCCC)C(=O)O.CNC(CN(C=O)C(=O)c1ccccc1C)C(C)(C)C.COc1ccc2c(OC)cc(-c3csc(NC(C)C)n3)nc2c1.O=CCNC=O. The van der Waals surface area contributed by atoms with E-state index in [9.17, 15) is 33.9 Å². The van der Waals surface area contributed by atoms with E-state index in [4.69, 9.17) is 14.5 Å². The quantitative estimate of drug-likeness (QED) is 0.0225. The number of carboxylic acids is 1. The summed E-state index contributed by atoms with van der Waals surface area (Å²) in [5.41, 5.74) is 3.86. The van der Waals surface area contributed by atoms with Gasteiger partial charge in [-0.25, -0.2) is 14.8 Å². The molecular formula is C57H90N8O9S. The van der Waals surface area contributed by atoms with Crippen molar-refractivity contribution in [3.63, 3.8) is 0 Å². The number of rotatable bonds is 26. The Bertz CT molecular complexity index is 2310. The first kappa shape index (κ1) is 68.8. The molecule has 4 amide bonds. The molecule has 18 heteroatoms. The minimum Gasteiger partial charge on any atom is -0.497 e. The summed E-state index contributed by atoms with van der Waals surface area (Å²) in [6, 6.07) is 14.2. The second-order valence-corrected chi connectivity index (χ2v) is 19.7. The highest BCUT2D eigenvalue weighted by Crippen LogP contribution is 2.33. The zero-order valence-corrected chi connectivity index (χ0v) is 48.6. The largest absolute Gasteiger partial charge is 0.497 e. The molecule has 2 aromatic heterocycles. The monoisotopic (exact) mass is 1060 g/mol. The minimum atomic E-state index is -0.988. The zero-order chi connectivity index (χ0) is 57.1. The molecule has 0 saturated carbocycles. The molecule has 0 radical (unpaired) electrons. The van der Waals surface area contributed by atoms with Gasteiger partial charge in [-0.05, 0) is 96.8 Å². The molecular weight excluding hydrogens is 973 g/mol. The molecule has 0 saturated heterocycles. The summed E-state index contributed by atoms with van der Waals surface area (Å²) in [5.74, 6) is -0.155. The van der Waals surface area contributed by atoms with Crippen molar-refractivity contribution in [1.82, 2.24) is 35.7 Å². The van der Waals surface area contributed by atoms with Crippen molar-refractivity contribution < 1.29 is 43.3 Å². The van der Waals surface area contributed by atoms with E-state index in [1.807, 2.05) is 114 Å². The van der Waals surface area contributed by atoms with Crippen LogP contribution in [0.5, 0.6) is 11.5 Å². The van der Waals surface area contributed by atoms with Crippen LogP contribution in [0.15, 0.2) is 66.1 Å². The van der Waals surface area contributed by atoms with Gasteiger partial charge in [-0.3, -0.25) is 29.0 Å². The van der Waals surface area contributed by atoms with Crippen molar-refractivity contribution in [2.45, 2.75) is 146 Å². The van der Waals surface area contributed by atoms with Crippen LogP contribution in [-0.2, 0) is 24.0 Å². The number of hydrogen-bond donors (Lipinski definition) is 5.